The van der Waals surface area contributed by atoms with E-state index in [-0.39, 0.29) is 4.90 Å². The van der Waals surface area contributed by atoms with Crippen LogP contribution in [-0.2, 0) is 10.0 Å². The number of sulfonamides is 1. The Balaban J connectivity index is 2.33. The molecule has 0 saturated carbocycles. The van der Waals surface area contributed by atoms with Crippen molar-refractivity contribution in [1.82, 2.24) is 4.72 Å². The second-order valence-corrected chi connectivity index (χ2v) is 6.82. The second-order valence-electron chi connectivity index (χ2n) is 5.13. The lowest BCUT2D eigenvalue weighted by atomic mass is 10.0. The number of halogens is 1. The topological polar surface area (TPSA) is 46.2 Å². The zero-order valence-corrected chi connectivity index (χ0v) is 13.0. The Bertz CT molecular complexity index is 757. The molecule has 0 aromatic heterocycles. The minimum absolute atomic E-state index is 0.331. The Morgan fingerprint density at radius 3 is 2.43 bits per heavy atom. The molecule has 0 spiro atoms. The first kappa shape index (κ1) is 15.7. The number of nitrogens with one attached hydrogen (secondary N) is 1. The third-order valence-corrected chi connectivity index (χ3v) is 4.93. The van der Waals surface area contributed by atoms with Crippen LogP contribution in [-0.4, -0.2) is 8.42 Å². The quantitative estimate of drug-likeness (QED) is 0.940. The molecule has 3 nitrogen and oxygen atoms in total. The Hall–Kier alpha value is -1.72. The minimum atomic E-state index is -3.89. The molecule has 1 unspecified atom stereocenters. The molecular weight excluding hydrogens is 289 g/mol. The van der Waals surface area contributed by atoms with Crippen LogP contribution in [0.5, 0.6) is 0 Å². The maximum Gasteiger partial charge on any atom is 0.244 e. The fourth-order valence-corrected chi connectivity index (χ4v) is 3.55. The summed E-state index contributed by atoms with van der Waals surface area (Å²) in [5, 5.41) is 0. The van der Waals surface area contributed by atoms with Crippen molar-refractivity contribution < 1.29 is 12.8 Å². The predicted octanol–water partition coefficient (Wildman–Crippen LogP) is 3.48. The highest BCUT2D eigenvalue weighted by molar-refractivity contribution is 7.89. The highest BCUT2D eigenvalue weighted by Gasteiger charge is 2.22. The summed E-state index contributed by atoms with van der Waals surface area (Å²) < 4.78 is 40.8. The molecule has 21 heavy (non-hydrogen) atoms. The van der Waals surface area contributed by atoms with Gasteiger partial charge in [-0.2, -0.15) is 0 Å². The molecule has 0 aliphatic heterocycles. The van der Waals surface area contributed by atoms with Crippen LogP contribution in [0.15, 0.2) is 47.4 Å². The maximum absolute atomic E-state index is 13.7. The molecule has 0 aliphatic carbocycles. The van der Waals surface area contributed by atoms with Crippen LogP contribution in [0.2, 0.25) is 0 Å². The molecule has 0 heterocycles. The summed E-state index contributed by atoms with van der Waals surface area (Å²) in [6, 6.07) is 10.8. The zero-order valence-electron chi connectivity index (χ0n) is 12.2. The summed E-state index contributed by atoms with van der Waals surface area (Å²) in [4.78, 5) is -0.331. The average molecular weight is 307 g/mol. The van der Waals surface area contributed by atoms with E-state index in [1.165, 1.54) is 18.2 Å². The number of aryl methyl sites for hydroxylation is 2. The van der Waals surface area contributed by atoms with Crippen molar-refractivity contribution >= 4 is 10.0 Å². The molecule has 0 bridgehead atoms. The predicted molar refractivity (Wildman–Crippen MR) is 81.1 cm³/mol. The first-order valence-electron chi connectivity index (χ1n) is 6.65. The van der Waals surface area contributed by atoms with Crippen molar-refractivity contribution in [2.24, 2.45) is 0 Å². The van der Waals surface area contributed by atoms with E-state index in [0.717, 1.165) is 22.8 Å². The second kappa shape index (κ2) is 5.95. The van der Waals surface area contributed by atoms with Gasteiger partial charge >= 0.3 is 0 Å². The molecule has 0 amide bonds. The number of rotatable bonds is 4. The Kier molecular flexibility index (Phi) is 4.44. The van der Waals surface area contributed by atoms with Gasteiger partial charge in [0.2, 0.25) is 10.0 Å². The van der Waals surface area contributed by atoms with Crippen LogP contribution in [0.25, 0.3) is 0 Å². The summed E-state index contributed by atoms with van der Waals surface area (Å²) in [7, 11) is -3.89. The van der Waals surface area contributed by atoms with Crippen LogP contribution in [0.3, 0.4) is 0 Å². The monoisotopic (exact) mass is 307 g/mol. The van der Waals surface area contributed by atoms with E-state index in [4.69, 9.17) is 0 Å². The molecule has 0 saturated heterocycles. The van der Waals surface area contributed by atoms with Crippen LogP contribution in [0, 0.1) is 19.7 Å². The van der Waals surface area contributed by atoms with Gasteiger partial charge in [-0.25, -0.2) is 17.5 Å². The van der Waals surface area contributed by atoms with Crippen molar-refractivity contribution in [2.45, 2.75) is 31.7 Å². The van der Waals surface area contributed by atoms with Gasteiger partial charge in [0.1, 0.15) is 10.7 Å². The Morgan fingerprint density at radius 2 is 1.76 bits per heavy atom. The van der Waals surface area contributed by atoms with Crippen molar-refractivity contribution in [3.05, 3.63) is 65.0 Å². The van der Waals surface area contributed by atoms with E-state index < -0.39 is 21.9 Å². The van der Waals surface area contributed by atoms with E-state index >= 15 is 0 Å². The molecule has 0 aliphatic rings. The third-order valence-electron chi connectivity index (χ3n) is 3.36. The van der Waals surface area contributed by atoms with Crippen molar-refractivity contribution in [3.8, 4) is 0 Å². The smallest absolute Gasteiger partial charge is 0.207 e. The van der Waals surface area contributed by atoms with Crippen molar-refractivity contribution in [3.63, 3.8) is 0 Å². The summed E-state index contributed by atoms with van der Waals surface area (Å²) in [5.41, 5.74) is 2.92. The van der Waals surface area contributed by atoms with Gasteiger partial charge in [-0.05, 0) is 44.0 Å². The Labute approximate surface area is 124 Å². The number of benzene rings is 2. The molecule has 0 radical (unpaired) electrons. The van der Waals surface area contributed by atoms with E-state index in [1.54, 1.807) is 6.92 Å². The molecule has 1 atom stereocenters. The first-order valence-corrected chi connectivity index (χ1v) is 8.13. The van der Waals surface area contributed by atoms with Crippen LogP contribution in [0.1, 0.15) is 29.7 Å². The lowest BCUT2D eigenvalue weighted by molar-refractivity contribution is 0.546. The third kappa shape index (κ3) is 3.49. The first-order chi connectivity index (χ1) is 9.81. The van der Waals surface area contributed by atoms with E-state index in [1.807, 2.05) is 32.0 Å². The SMILES string of the molecule is Cc1ccc(C)c(C(C)NS(=O)(=O)c2ccccc2F)c1. The van der Waals surface area contributed by atoms with Gasteiger partial charge in [0.25, 0.3) is 0 Å². The molecule has 2 aromatic rings. The van der Waals surface area contributed by atoms with E-state index in [2.05, 4.69) is 4.72 Å². The highest BCUT2D eigenvalue weighted by Crippen LogP contribution is 2.22. The van der Waals surface area contributed by atoms with E-state index in [9.17, 15) is 12.8 Å². The molecule has 2 rings (SSSR count). The van der Waals surface area contributed by atoms with Crippen LogP contribution >= 0.6 is 0 Å². The average Bonchev–Trinajstić information content (AvgIpc) is 2.41. The lowest BCUT2D eigenvalue weighted by Gasteiger charge is -2.17. The molecule has 0 fully saturated rings. The molecule has 5 heteroatoms. The normalized spacial score (nSPS) is 13.1. The van der Waals surface area contributed by atoms with E-state index in [0.29, 0.717) is 0 Å². The number of hydrogen-bond donors (Lipinski definition) is 1. The van der Waals surface area contributed by atoms with Gasteiger partial charge < -0.3 is 0 Å². The minimum Gasteiger partial charge on any atom is -0.207 e. The maximum atomic E-state index is 13.7. The fourth-order valence-electron chi connectivity index (χ4n) is 2.25. The lowest BCUT2D eigenvalue weighted by Crippen LogP contribution is -2.28. The largest absolute Gasteiger partial charge is 0.244 e. The zero-order chi connectivity index (χ0) is 15.6. The Morgan fingerprint density at radius 1 is 1.10 bits per heavy atom. The van der Waals surface area contributed by atoms with Gasteiger partial charge in [-0.15, -0.1) is 0 Å². The fraction of sp³-hybridized carbons (Fsp3) is 0.250. The van der Waals surface area contributed by atoms with Gasteiger partial charge in [0.15, 0.2) is 0 Å². The van der Waals surface area contributed by atoms with Crippen molar-refractivity contribution in [2.75, 3.05) is 0 Å². The van der Waals surface area contributed by atoms with Gasteiger partial charge in [-0.1, -0.05) is 35.9 Å². The molecule has 2 aromatic carbocycles. The molecule has 112 valence electrons. The highest BCUT2D eigenvalue weighted by atomic mass is 32.2. The number of hydrogen-bond acceptors (Lipinski definition) is 2. The van der Waals surface area contributed by atoms with Crippen LogP contribution in [0.4, 0.5) is 4.39 Å². The summed E-state index contributed by atoms with van der Waals surface area (Å²) >= 11 is 0. The standard InChI is InChI=1S/C16H18FNO2S/c1-11-8-9-12(2)14(10-11)13(3)18-21(19,20)16-7-5-4-6-15(16)17/h4-10,13,18H,1-3H3. The summed E-state index contributed by atoms with van der Waals surface area (Å²) in [6.45, 7) is 5.61. The van der Waals surface area contributed by atoms with Gasteiger partial charge in [0.05, 0.1) is 0 Å². The summed E-state index contributed by atoms with van der Waals surface area (Å²) in [6.07, 6.45) is 0. The molecular formula is C16H18FNO2S. The van der Waals surface area contributed by atoms with Crippen molar-refractivity contribution in [1.29, 1.82) is 0 Å². The summed E-state index contributed by atoms with van der Waals surface area (Å²) in [5.74, 6) is -0.752. The molecule has 1 N–H and O–H groups in total. The van der Waals surface area contributed by atoms with Crippen LogP contribution < -0.4 is 4.72 Å². The van der Waals surface area contributed by atoms with Gasteiger partial charge in [-0.3, -0.25) is 0 Å². The van der Waals surface area contributed by atoms with Gasteiger partial charge in [0, 0.05) is 6.04 Å².